The van der Waals surface area contributed by atoms with Crippen molar-refractivity contribution >= 4 is 0 Å². The summed E-state index contributed by atoms with van der Waals surface area (Å²) >= 11 is 0. The summed E-state index contributed by atoms with van der Waals surface area (Å²) in [7, 11) is 0. The fourth-order valence-electron chi connectivity index (χ4n) is 2.17. The topological polar surface area (TPSA) is 43.8 Å². The van der Waals surface area contributed by atoms with Gasteiger partial charge in [-0.15, -0.1) is 0 Å². The molecule has 96 valence electrons. The van der Waals surface area contributed by atoms with Crippen molar-refractivity contribution in [1.29, 1.82) is 0 Å². The minimum atomic E-state index is 0.217. The Morgan fingerprint density at radius 1 is 1.33 bits per heavy atom. The zero-order valence-electron chi connectivity index (χ0n) is 11.4. The molecule has 2 N–H and O–H groups in total. The maximum absolute atomic E-state index is 6.09. The first-order chi connectivity index (χ1) is 8.61. The van der Waals surface area contributed by atoms with Gasteiger partial charge in [0.2, 0.25) is 0 Å². The summed E-state index contributed by atoms with van der Waals surface area (Å²) in [5.41, 5.74) is 9.85. The van der Waals surface area contributed by atoms with E-state index in [0.717, 1.165) is 18.7 Å². The average Bonchev–Trinajstić information content (AvgIpc) is 2.75. The van der Waals surface area contributed by atoms with Crippen molar-refractivity contribution in [1.82, 2.24) is 9.55 Å². The van der Waals surface area contributed by atoms with Crippen LogP contribution in [0.15, 0.2) is 30.6 Å². The van der Waals surface area contributed by atoms with E-state index in [1.165, 1.54) is 16.8 Å². The second kappa shape index (κ2) is 5.36. The van der Waals surface area contributed by atoms with Gasteiger partial charge in [-0.25, -0.2) is 4.98 Å². The Hall–Kier alpha value is -1.61. The van der Waals surface area contributed by atoms with Gasteiger partial charge < -0.3 is 10.3 Å². The highest BCUT2D eigenvalue weighted by atomic mass is 15.1. The van der Waals surface area contributed by atoms with Crippen LogP contribution in [-0.4, -0.2) is 15.6 Å². The number of benzene rings is 1. The molecule has 3 heteroatoms. The molecular formula is C15H21N3. The van der Waals surface area contributed by atoms with E-state index in [1.54, 1.807) is 0 Å². The van der Waals surface area contributed by atoms with Crippen molar-refractivity contribution < 1.29 is 0 Å². The van der Waals surface area contributed by atoms with Crippen LogP contribution in [0.2, 0.25) is 0 Å². The Morgan fingerprint density at radius 2 is 2.11 bits per heavy atom. The van der Waals surface area contributed by atoms with E-state index in [1.807, 2.05) is 19.3 Å². The zero-order chi connectivity index (χ0) is 13.1. The molecule has 1 atom stereocenters. The minimum absolute atomic E-state index is 0.217. The lowest BCUT2D eigenvalue weighted by Gasteiger charge is -2.15. The van der Waals surface area contributed by atoms with Crippen LogP contribution in [0.25, 0.3) is 5.69 Å². The van der Waals surface area contributed by atoms with Gasteiger partial charge >= 0.3 is 0 Å². The Morgan fingerprint density at radius 3 is 2.72 bits per heavy atom. The summed E-state index contributed by atoms with van der Waals surface area (Å²) in [6.07, 6.45) is 5.74. The maximum atomic E-state index is 6.09. The summed E-state index contributed by atoms with van der Waals surface area (Å²) in [6, 6.07) is 6.73. The number of hydrogen-bond acceptors (Lipinski definition) is 2. The number of rotatable bonds is 4. The average molecular weight is 243 g/mol. The van der Waals surface area contributed by atoms with Gasteiger partial charge in [-0.2, -0.15) is 0 Å². The lowest BCUT2D eigenvalue weighted by molar-refractivity contribution is 0.643. The molecule has 2 rings (SSSR count). The molecule has 0 fully saturated rings. The van der Waals surface area contributed by atoms with Crippen LogP contribution in [0.3, 0.4) is 0 Å². The normalized spacial score (nSPS) is 12.7. The van der Waals surface area contributed by atoms with Crippen molar-refractivity contribution in [3.05, 3.63) is 47.5 Å². The van der Waals surface area contributed by atoms with Crippen molar-refractivity contribution in [2.45, 2.75) is 39.7 Å². The predicted octanol–water partition coefficient (Wildman–Crippen LogP) is 2.77. The molecule has 1 unspecified atom stereocenters. The second-order valence-electron chi connectivity index (χ2n) is 4.85. The maximum Gasteiger partial charge on any atom is 0.110 e. The van der Waals surface area contributed by atoms with Crippen LogP contribution < -0.4 is 5.73 Å². The SMILES string of the molecule is CCC(N)Cc1cc(C)ccc1-n1ccnc1C. The lowest BCUT2D eigenvalue weighted by Crippen LogP contribution is -2.22. The first-order valence-corrected chi connectivity index (χ1v) is 6.47. The minimum Gasteiger partial charge on any atom is -0.327 e. The van der Waals surface area contributed by atoms with Gasteiger partial charge in [0.05, 0.1) is 0 Å². The van der Waals surface area contributed by atoms with Gasteiger partial charge in [0.15, 0.2) is 0 Å². The Kier molecular flexibility index (Phi) is 3.82. The molecule has 0 amide bonds. The Balaban J connectivity index is 2.44. The van der Waals surface area contributed by atoms with Gasteiger partial charge in [-0.05, 0) is 38.3 Å². The highest BCUT2D eigenvalue weighted by Crippen LogP contribution is 2.19. The molecule has 0 saturated carbocycles. The molecule has 0 aliphatic carbocycles. The monoisotopic (exact) mass is 243 g/mol. The van der Waals surface area contributed by atoms with E-state index >= 15 is 0 Å². The molecule has 0 bridgehead atoms. The number of hydrogen-bond donors (Lipinski definition) is 1. The summed E-state index contributed by atoms with van der Waals surface area (Å²) in [6.45, 7) is 6.26. The Labute approximate surface area is 109 Å². The van der Waals surface area contributed by atoms with Gasteiger partial charge in [0.1, 0.15) is 5.82 Å². The van der Waals surface area contributed by atoms with Crippen LogP contribution in [0.1, 0.15) is 30.3 Å². The fraction of sp³-hybridized carbons (Fsp3) is 0.400. The predicted molar refractivity (Wildman–Crippen MR) is 75.0 cm³/mol. The van der Waals surface area contributed by atoms with Crippen molar-refractivity contribution in [3.8, 4) is 5.69 Å². The van der Waals surface area contributed by atoms with Gasteiger partial charge in [0, 0.05) is 24.1 Å². The standard InChI is InChI=1S/C15H21N3/c1-4-14(16)10-13-9-11(2)5-6-15(13)18-8-7-17-12(18)3/h5-9,14H,4,10,16H2,1-3H3. The molecule has 18 heavy (non-hydrogen) atoms. The first kappa shape index (κ1) is 12.8. The van der Waals surface area contributed by atoms with Crippen molar-refractivity contribution in [3.63, 3.8) is 0 Å². The molecule has 3 nitrogen and oxygen atoms in total. The van der Waals surface area contributed by atoms with Crippen molar-refractivity contribution in [2.24, 2.45) is 5.73 Å². The Bertz CT molecular complexity index is 528. The summed E-state index contributed by atoms with van der Waals surface area (Å²) in [5.74, 6) is 1.00. The number of aryl methyl sites for hydroxylation is 2. The molecular weight excluding hydrogens is 222 g/mol. The largest absolute Gasteiger partial charge is 0.327 e. The second-order valence-corrected chi connectivity index (χ2v) is 4.85. The van der Waals surface area contributed by atoms with Gasteiger partial charge in [-0.1, -0.05) is 24.6 Å². The van der Waals surface area contributed by atoms with Crippen LogP contribution in [0, 0.1) is 13.8 Å². The van der Waals surface area contributed by atoms with E-state index in [4.69, 9.17) is 5.73 Å². The highest BCUT2D eigenvalue weighted by Gasteiger charge is 2.10. The van der Waals surface area contributed by atoms with Crippen LogP contribution in [0.5, 0.6) is 0 Å². The lowest BCUT2D eigenvalue weighted by atomic mass is 10.0. The third-order valence-corrected chi connectivity index (χ3v) is 3.33. The number of imidazole rings is 1. The van der Waals surface area contributed by atoms with Gasteiger partial charge in [-0.3, -0.25) is 0 Å². The third kappa shape index (κ3) is 2.62. The molecule has 0 aliphatic rings. The van der Waals surface area contributed by atoms with Crippen LogP contribution >= 0.6 is 0 Å². The van der Waals surface area contributed by atoms with Crippen LogP contribution in [-0.2, 0) is 6.42 Å². The smallest absolute Gasteiger partial charge is 0.110 e. The third-order valence-electron chi connectivity index (χ3n) is 3.33. The molecule has 1 aromatic carbocycles. The molecule has 1 heterocycles. The number of nitrogens with zero attached hydrogens (tertiary/aromatic N) is 2. The van der Waals surface area contributed by atoms with E-state index in [2.05, 4.69) is 41.6 Å². The van der Waals surface area contributed by atoms with E-state index in [-0.39, 0.29) is 6.04 Å². The van der Waals surface area contributed by atoms with Gasteiger partial charge in [0.25, 0.3) is 0 Å². The van der Waals surface area contributed by atoms with Crippen LogP contribution in [0.4, 0.5) is 0 Å². The first-order valence-electron chi connectivity index (χ1n) is 6.47. The fourth-order valence-corrected chi connectivity index (χ4v) is 2.17. The molecule has 0 radical (unpaired) electrons. The number of nitrogens with two attached hydrogens (primary N) is 1. The molecule has 0 aliphatic heterocycles. The molecule has 0 spiro atoms. The summed E-state index contributed by atoms with van der Waals surface area (Å²) in [4.78, 5) is 4.29. The molecule has 1 aromatic heterocycles. The van der Waals surface area contributed by atoms with E-state index < -0.39 is 0 Å². The molecule has 0 saturated heterocycles. The quantitative estimate of drug-likeness (QED) is 0.897. The van der Waals surface area contributed by atoms with E-state index in [0.29, 0.717) is 0 Å². The van der Waals surface area contributed by atoms with E-state index in [9.17, 15) is 0 Å². The summed E-state index contributed by atoms with van der Waals surface area (Å²) in [5, 5.41) is 0. The van der Waals surface area contributed by atoms with Crippen molar-refractivity contribution in [2.75, 3.05) is 0 Å². The number of aromatic nitrogens is 2. The summed E-state index contributed by atoms with van der Waals surface area (Å²) < 4.78 is 2.12. The highest BCUT2D eigenvalue weighted by molar-refractivity contribution is 5.44. The molecule has 2 aromatic rings. The zero-order valence-corrected chi connectivity index (χ0v) is 11.4.